The Hall–Kier alpha value is -3.04. The summed E-state index contributed by atoms with van der Waals surface area (Å²) in [4.78, 5) is 12.7. The number of carbonyl (C=O) groups excluding carboxylic acids is 1. The van der Waals surface area contributed by atoms with Crippen molar-refractivity contribution in [2.24, 2.45) is 0 Å². The summed E-state index contributed by atoms with van der Waals surface area (Å²) in [5, 5.41) is 2.70. The van der Waals surface area contributed by atoms with Crippen LogP contribution in [0.5, 0.6) is 17.2 Å². The molecule has 2 aromatic carbocycles. The van der Waals surface area contributed by atoms with Gasteiger partial charge in [0.25, 0.3) is 5.91 Å². The number of hydrogen-bond donors (Lipinski definition) is 1. The molecule has 33 heavy (non-hydrogen) atoms. The summed E-state index contributed by atoms with van der Waals surface area (Å²) in [7, 11) is -2.17. The molecule has 9 heteroatoms. The Morgan fingerprint density at radius 1 is 1.03 bits per heavy atom. The van der Waals surface area contributed by atoms with Crippen LogP contribution in [0.2, 0.25) is 0 Å². The van der Waals surface area contributed by atoms with Crippen molar-refractivity contribution >= 4 is 21.6 Å². The maximum Gasteiger partial charge on any atom is 0.262 e. The number of rotatable bonds is 13. The van der Waals surface area contributed by atoms with Crippen LogP contribution in [0, 0.1) is 0 Å². The van der Waals surface area contributed by atoms with Crippen LogP contribution in [0.1, 0.15) is 26.3 Å². The van der Waals surface area contributed by atoms with Crippen LogP contribution in [-0.2, 0) is 21.2 Å². The van der Waals surface area contributed by atoms with Gasteiger partial charge in [-0.25, -0.2) is 8.42 Å². The molecule has 2 aromatic rings. The first-order valence-corrected chi connectivity index (χ1v) is 12.2. The molecule has 0 aliphatic rings. The molecule has 1 N–H and O–H groups in total. The van der Waals surface area contributed by atoms with E-state index in [-0.39, 0.29) is 17.2 Å². The Morgan fingerprint density at radius 2 is 1.73 bits per heavy atom. The lowest BCUT2D eigenvalue weighted by atomic mass is 10.1. The molecule has 0 radical (unpaired) electrons. The van der Waals surface area contributed by atoms with Crippen molar-refractivity contribution in [2.75, 3.05) is 38.7 Å². The number of carbonyl (C=O) groups is 1. The number of allylic oxidation sites excluding steroid dienone is 1. The normalized spacial score (nSPS) is 11.2. The SMILES string of the molecule is C=CCc1ccc(OCC(=O)Nc2cc(S(=O)(=O)N(CC)CC)ccc2OCC)c(OC)c1. The number of anilines is 1. The van der Waals surface area contributed by atoms with Crippen molar-refractivity contribution in [1.82, 2.24) is 4.31 Å². The first kappa shape index (κ1) is 26.2. The number of methoxy groups -OCH3 is 1. The van der Waals surface area contributed by atoms with Crippen LogP contribution >= 0.6 is 0 Å². The lowest BCUT2D eigenvalue weighted by Gasteiger charge is -2.20. The topological polar surface area (TPSA) is 94.2 Å². The molecule has 2 rings (SSSR count). The zero-order chi connectivity index (χ0) is 24.4. The van der Waals surface area contributed by atoms with Gasteiger partial charge in [-0.2, -0.15) is 4.31 Å². The number of ether oxygens (including phenoxy) is 3. The second-order valence-corrected chi connectivity index (χ2v) is 8.93. The number of hydrogen-bond acceptors (Lipinski definition) is 6. The lowest BCUT2D eigenvalue weighted by Crippen LogP contribution is -2.30. The molecule has 0 aliphatic carbocycles. The average Bonchev–Trinajstić information content (AvgIpc) is 2.80. The largest absolute Gasteiger partial charge is 0.493 e. The van der Waals surface area contributed by atoms with E-state index < -0.39 is 15.9 Å². The zero-order valence-electron chi connectivity index (χ0n) is 19.6. The smallest absolute Gasteiger partial charge is 0.262 e. The van der Waals surface area contributed by atoms with E-state index in [4.69, 9.17) is 14.2 Å². The molecule has 8 nitrogen and oxygen atoms in total. The molecule has 0 unspecified atom stereocenters. The van der Waals surface area contributed by atoms with Gasteiger partial charge in [-0.05, 0) is 49.2 Å². The van der Waals surface area contributed by atoms with Crippen molar-refractivity contribution in [1.29, 1.82) is 0 Å². The van der Waals surface area contributed by atoms with E-state index in [9.17, 15) is 13.2 Å². The van der Waals surface area contributed by atoms with Gasteiger partial charge in [-0.1, -0.05) is 26.0 Å². The van der Waals surface area contributed by atoms with Crippen LogP contribution < -0.4 is 19.5 Å². The second kappa shape index (κ2) is 12.3. The molecule has 0 heterocycles. The third kappa shape index (κ3) is 6.72. The Balaban J connectivity index is 2.21. The van der Waals surface area contributed by atoms with E-state index in [1.807, 2.05) is 12.1 Å². The molecule has 0 fully saturated rings. The average molecular weight is 477 g/mol. The van der Waals surface area contributed by atoms with Crippen LogP contribution in [0.15, 0.2) is 53.9 Å². The molecule has 0 spiro atoms. The van der Waals surface area contributed by atoms with Crippen LogP contribution in [0.25, 0.3) is 0 Å². The van der Waals surface area contributed by atoms with E-state index in [2.05, 4.69) is 11.9 Å². The molecule has 0 saturated carbocycles. The van der Waals surface area contributed by atoms with Gasteiger partial charge in [0, 0.05) is 13.1 Å². The van der Waals surface area contributed by atoms with Crippen molar-refractivity contribution in [3.8, 4) is 17.2 Å². The molecule has 1 amide bonds. The summed E-state index contributed by atoms with van der Waals surface area (Å²) < 4.78 is 43.7. The highest BCUT2D eigenvalue weighted by Gasteiger charge is 2.23. The van der Waals surface area contributed by atoms with E-state index in [1.165, 1.54) is 29.6 Å². The molecular formula is C24H32N2O6S. The maximum absolute atomic E-state index is 12.9. The third-order valence-corrected chi connectivity index (χ3v) is 6.88. The molecule has 0 aliphatic heterocycles. The minimum Gasteiger partial charge on any atom is -0.493 e. The maximum atomic E-state index is 12.9. The fourth-order valence-electron chi connectivity index (χ4n) is 3.22. The van der Waals surface area contributed by atoms with Gasteiger partial charge in [-0.3, -0.25) is 4.79 Å². The number of amides is 1. The zero-order valence-corrected chi connectivity index (χ0v) is 20.4. The van der Waals surface area contributed by atoms with Crippen molar-refractivity contribution in [3.05, 3.63) is 54.6 Å². The summed E-state index contributed by atoms with van der Waals surface area (Å²) in [6, 6.07) is 9.84. The molecule has 0 atom stereocenters. The van der Waals surface area contributed by atoms with Crippen molar-refractivity contribution in [3.63, 3.8) is 0 Å². The summed E-state index contributed by atoms with van der Waals surface area (Å²) in [6.45, 7) is 9.81. The van der Waals surface area contributed by atoms with E-state index in [1.54, 1.807) is 32.9 Å². The quantitative estimate of drug-likeness (QED) is 0.441. The fraction of sp³-hybridized carbons (Fsp3) is 0.375. The summed E-state index contributed by atoms with van der Waals surface area (Å²) in [5.41, 5.74) is 1.26. The fourth-order valence-corrected chi connectivity index (χ4v) is 4.70. The van der Waals surface area contributed by atoms with E-state index in [0.717, 1.165) is 5.56 Å². The minimum atomic E-state index is -3.69. The van der Waals surface area contributed by atoms with Crippen LogP contribution in [-0.4, -0.2) is 52.0 Å². The second-order valence-electron chi connectivity index (χ2n) is 7.00. The van der Waals surface area contributed by atoms with Gasteiger partial charge in [0.05, 0.1) is 24.3 Å². The Bertz CT molecular complexity index is 1060. The Kier molecular flexibility index (Phi) is 9.74. The van der Waals surface area contributed by atoms with Crippen LogP contribution in [0.3, 0.4) is 0 Å². The highest BCUT2D eigenvalue weighted by atomic mass is 32.2. The third-order valence-electron chi connectivity index (χ3n) is 4.83. The predicted molar refractivity (Wildman–Crippen MR) is 129 cm³/mol. The first-order chi connectivity index (χ1) is 15.8. The molecule has 0 saturated heterocycles. The van der Waals surface area contributed by atoms with E-state index in [0.29, 0.717) is 43.4 Å². The van der Waals surface area contributed by atoms with Crippen molar-refractivity contribution in [2.45, 2.75) is 32.1 Å². The molecule has 180 valence electrons. The van der Waals surface area contributed by atoms with Gasteiger partial charge < -0.3 is 19.5 Å². The minimum absolute atomic E-state index is 0.0744. The van der Waals surface area contributed by atoms with Gasteiger partial charge in [-0.15, -0.1) is 6.58 Å². The van der Waals surface area contributed by atoms with Gasteiger partial charge in [0.2, 0.25) is 10.0 Å². The number of benzene rings is 2. The summed E-state index contributed by atoms with van der Waals surface area (Å²) >= 11 is 0. The standard InChI is InChI=1S/C24H32N2O6S/c1-6-10-18-11-13-22(23(15-18)30-5)32-17-24(27)25-20-16-19(12-14-21(20)31-9-4)33(28,29)26(7-2)8-3/h6,11-16H,1,7-10,17H2,2-5H3,(H,25,27). The first-order valence-electron chi connectivity index (χ1n) is 10.8. The number of sulfonamides is 1. The molecule has 0 bridgehead atoms. The summed E-state index contributed by atoms with van der Waals surface area (Å²) in [5.74, 6) is 0.828. The van der Waals surface area contributed by atoms with Crippen molar-refractivity contribution < 1.29 is 27.4 Å². The van der Waals surface area contributed by atoms with Gasteiger partial charge >= 0.3 is 0 Å². The van der Waals surface area contributed by atoms with Gasteiger partial charge in [0.15, 0.2) is 18.1 Å². The highest BCUT2D eigenvalue weighted by molar-refractivity contribution is 7.89. The Morgan fingerprint density at radius 3 is 2.33 bits per heavy atom. The Labute approximate surface area is 196 Å². The lowest BCUT2D eigenvalue weighted by molar-refractivity contribution is -0.118. The number of nitrogens with one attached hydrogen (secondary N) is 1. The summed E-state index contributed by atoms with van der Waals surface area (Å²) in [6.07, 6.45) is 2.47. The predicted octanol–water partition coefficient (Wildman–Crippen LogP) is 3.87. The number of nitrogens with zero attached hydrogens (tertiary/aromatic N) is 1. The molecule has 0 aromatic heterocycles. The monoisotopic (exact) mass is 476 g/mol. The highest BCUT2D eigenvalue weighted by Crippen LogP contribution is 2.30. The molecular weight excluding hydrogens is 444 g/mol. The van der Waals surface area contributed by atoms with E-state index >= 15 is 0 Å². The van der Waals surface area contributed by atoms with Crippen LogP contribution in [0.4, 0.5) is 5.69 Å². The van der Waals surface area contributed by atoms with Gasteiger partial charge in [0.1, 0.15) is 5.75 Å².